The Morgan fingerprint density at radius 3 is 2.83 bits per heavy atom. The van der Waals surface area contributed by atoms with Crippen molar-refractivity contribution >= 4 is 22.0 Å². The van der Waals surface area contributed by atoms with Gasteiger partial charge in [-0.2, -0.15) is 0 Å². The van der Waals surface area contributed by atoms with Crippen molar-refractivity contribution in [3.8, 4) is 0 Å². The lowest BCUT2D eigenvalue weighted by Crippen LogP contribution is -2.26. The van der Waals surface area contributed by atoms with Gasteiger partial charge in [0.1, 0.15) is 0 Å². The van der Waals surface area contributed by atoms with Gasteiger partial charge in [0.2, 0.25) is 0 Å². The van der Waals surface area contributed by atoms with E-state index in [2.05, 4.69) is 6.58 Å². The fourth-order valence-electron chi connectivity index (χ4n) is 1.51. The molecule has 1 unspecified atom stereocenters. The number of hydrogen-bond acceptors (Lipinski definition) is 6. The SMILES string of the molecule is C=CCN(CCO)c1sc(C(C)O)cc1[N+](=O)[O-]. The normalized spacial score (nSPS) is 12.2. The van der Waals surface area contributed by atoms with Gasteiger partial charge in [0, 0.05) is 24.0 Å². The van der Waals surface area contributed by atoms with Crippen LogP contribution in [0.25, 0.3) is 0 Å². The van der Waals surface area contributed by atoms with Crippen molar-refractivity contribution in [3.63, 3.8) is 0 Å². The highest BCUT2D eigenvalue weighted by Gasteiger charge is 2.24. The molecule has 0 spiro atoms. The average Bonchev–Trinajstić information content (AvgIpc) is 2.73. The minimum atomic E-state index is -0.748. The van der Waals surface area contributed by atoms with Crippen molar-refractivity contribution in [1.82, 2.24) is 0 Å². The number of nitro groups is 1. The Kier molecular flexibility index (Phi) is 5.26. The Bertz CT molecular complexity index is 431. The number of aliphatic hydroxyl groups is 2. The van der Waals surface area contributed by atoms with Gasteiger partial charge < -0.3 is 15.1 Å². The number of aliphatic hydroxyl groups excluding tert-OH is 2. The molecule has 0 saturated carbocycles. The molecule has 0 aliphatic carbocycles. The van der Waals surface area contributed by atoms with Gasteiger partial charge in [-0.1, -0.05) is 6.08 Å². The molecular formula is C11H16N2O4S. The molecule has 1 heterocycles. The Labute approximate surface area is 109 Å². The van der Waals surface area contributed by atoms with Crippen molar-refractivity contribution in [2.24, 2.45) is 0 Å². The lowest BCUT2D eigenvalue weighted by atomic mass is 10.3. The summed E-state index contributed by atoms with van der Waals surface area (Å²) in [6.45, 7) is 5.73. The predicted octanol–water partition coefficient (Wildman–Crippen LogP) is 1.69. The lowest BCUT2D eigenvalue weighted by molar-refractivity contribution is -0.383. The highest BCUT2D eigenvalue weighted by Crippen LogP contribution is 2.39. The molecule has 1 rings (SSSR count). The zero-order chi connectivity index (χ0) is 13.7. The minimum Gasteiger partial charge on any atom is -0.395 e. The minimum absolute atomic E-state index is 0.0498. The van der Waals surface area contributed by atoms with E-state index in [-0.39, 0.29) is 18.8 Å². The lowest BCUT2D eigenvalue weighted by Gasteiger charge is -2.19. The fourth-order valence-corrected chi connectivity index (χ4v) is 2.60. The molecule has 18 heavy (non-hydrogen) atoms. The van der Waals surface area contributed by atoms with Crippen LogP contribution in [0.15, 0.2) is 18.7 Å². The molecule has 1 atom stereocenters. The Morgan fingerprint density at radius 1 is 1.72 bits per heavy atom. The van der Waals surface area contributed by atoms with Gasteiger partial charge in [-0.25, -0.2) is 0 Å². The Balaban J connectivity index is 3.17. The highest BCUT2D eigenvalue weighted by atomic mass is 32.1. The van der Waals surface area contributed by atoms with Crippen LogP contribution < -0.4 is 4.90 Å². The molecule has 7 heteroatoms. The first-order chi connectivity index (χ1) is 8.51. The van der Waals surface area contributed by atoms with Crippen LogP contribution in [0.2, 0.25) is 0 Å². The third kappa shape index (κ3) is 3.28. The van der Waals surface area contributed by atoms with Crippen LogP contribution >= 0.6 is 11.3 Å². The molecule has 0 bridgehead atoms. The van der Waals surface area contributed by atoms with Crippen molar-refractivity contribution in [2.75, 3.05) is 24.6 Å². The van der Waals surface area contributed by atoms with Crippen molar-refractivity contribution < 1.29 is 15.1 Å². The molecule has 100 valence electrons. The largest absolute Gasteiger partial charge is 0.395 e. The fraction of sp³-hybridized carbons (Fsp3) is 0.455. The summed E-state index contributed by atoms with van der Waals surface area (Å²) in [6.07, 6.45) is 0.864. The van der Waals surface area contributed by atoms with Crippen LogP contribution in [-0.2, 0) is 0 Å². The maximum atomic E-state index is 11.0. The van der Waals surface area contributed by atoms with E-state index in [1.165, 1.54) is 6.07 Å². The summed E-state index contributed by atoms with van der Waals surface area (Å²) >= 11 is 1.16. The van der Waals surface area contributed by atoms with Crippen molar-refractivity contribution in [2.45, 2.75) is 13.0 Å². The summed E-state index contributed by atoms with van der Waals surface area (Å²) in [4.78, 5) is 12.7. The zero-order valence-corrected chi connectivity index (χ0v) is 10.9. The summed E-state index contributed by atoms with van der Waals surface area (Å²) in [7, 11) is 0. The van der Waals surface area contributed by atoms with Crippen molar-refractivity contribution in [3.05, 3.63) is 33.7 Å². The standard InChI is InChI=1S/C11H16N2O4S/c1-3-4-12(5-6-14)11-9(13(16)17)7-10(18-11)8(2)15/h3,7-8,14-15H,1,4-6H2,2H3. The van der Waals surface area contributed by atoms with Gasteiger partial charge in [-0.3, -0.25) is 10.1 Å². The van der Waals surface area contributed by atoms with E-state index < -0.39 is 11.0 Å². The van der Waals surface area contributed by atoms with Crippen LogP contribution in [0.1, 0.15) is 17.9 Å². The van der Waals surface area contributed by atoms with Crippen LogP contribution in [0.4, 0.5) is 10.7 Å². The molecule has 1 aromatic rings. The van der Waals surface area contributed by atoms with Gasteiger partial charge in [0.05, 0.1) is 17.6 Å². The zero-order valence-electron chi connectivity index (χ0n) is 10.1. The van der Waals surface area contributed by atoms with E-state index in [0.29, 0.717) is 16.4 Å². The van der Waals surface area contributed by atoms with Gasteiger partial charge in [-0.05, 0) is 6.92 Å². The molecule has 2 N–H and O–H groups in total. The highest BCUT2D eigenvalue weighted by molar-refractivity contribution is 7.16. The first-order valence-electron chi connectivity index (χ1n) is 5.44. The summed E-state index contributed by atoms with van der Waals surface area (Å²) in [5, 5.41) is 29.9. The number of anilines is 1. The maximum absolute atomic E-state index is 11.0. The van der Waals surface area contributed by atoms with Gasteiger partial charge in [-0.15, -0.1) is 17.9 Å². The quantitative estimate of drug-likeness (QED) is 0.448. The molecule has 0 saturated heterocycles. The first-order valence-corrected chi connectivity index (χ1v) is 6.25. The summed E-state index contributed by atoms with van der Waals surface area (Å²) in [6, 6.07) is 1.37. The van der Waals surface area contributed by atoms with E-state index in [1.54, 1.807) is 17.9 Å². The topological polar surface area (TPSA) is 86.8 Å². The summed E-state index contributed by atoms with van der Waals surface area (Å²) in [5.74, 6) is 0. The molecular weight excluding hydrogens is 256 g/mol. The van der Waals surface area contributed by atoms with E-state index in [4.69, 9.17) is 5.11 Å². The molecule has 6 nitrogen and oxygen atoms in total. The van der Waals surface area contributed by atoms with Gasteiger partial charge in [0.25, 0.3) is 0 Å². The van der Waals surface area contributed by atoms with Crippen LogP contribution in [-0.4, -0.2) is 34.8 Å². The number of thiophene rings is 1. The molecule has 0 amide bonds. The second kappa shape index (κ2) is 6.48. The Hall–Kier alpha value is -1.44. The van der Waals surface area contributed by atoms with Crippen LogP contribution in [0.3, 0.4) is 0 Å². The second-order valence-electron chi connectivity index (χ2n) is 3.73. The Morgan fingerprint density at radius 2 is 2.39 bits per heavy atom. The van der Waals surface area contributed by atoms with E-state index in [9.17, 15) is 15.2 Å². The number of nitrogens with zero attached hydrogens (tertiary/aromatic N) is 2. The van der Waals surface area contributed by atoms with E-state index in [0.717, 1.165) is 11.3 Å². The second-order valence-corrected chi connectivity index (χ2v) is 4.79. The first kappa shape index (κ1) is 14.6. The van der Waals surface area contributed by atoms with Gasteiger partial charge in [0.15, 0.2) is 5.00 Å². The smallest absolute Gasteiger partial charge is 0.304 e. The van der Waals surface area contributed by atoms with E-state index >= 15 is 0 Å². The van der Waals surface area contributed by atoms with Crippen LogP contribution in [0, 0.1) is 10.1 Å². The molecule has 0 aliphatic heterocycles. The monoisotopic (exact) mass is 272 g/mol. The van der Waals surface area contributed by atoms with Crippen LogP contribution in [0.5, 0.6) is 0 Å². The summed E-state index contributed by atoms with van der Waals surface area (Å²) in [5.41, 5.74) is -0.0498. The predicted molar refractivity (Wildman–Crippen MR) is 71.1 cm³/mol. The molecule has 0 aliphatic rings. The van der Waals surface area contributed by atoms with E-state index in [1.807, 2.05) is 0 Å². The van der Waals surface area contributed by atoms with Gasteiger partial charge >= 0.3 is 5.69 Å². The third-order valence-electron chi connectivity index (χ3n) is 2.33. The maximum Gasteiger partial charge on any atom is 0.304 e. The summed E-state index contributed by atoms with van der Waals surface area (Å²) < 4.78 is 0. The molecule has 0 radical (unpaired) electrons. The average molecular weight is 272 g/mol. The molecule has 0 fully saturated rings. The number of rotatable bonds is 7. The van der Waals surface area contributed by atoms with Crippen molar-refractivity contribution in [1.29, 1.82) is 0 Å². The molecule has 1 aromatic heterocycles. The third-order valence-corrected chi connectivity index (χ3v) is 3.68. The molecule has 0 aromatic carbocycles. The number of hydrogen-bond donors (Lipinski definition) is 2.